The van der Waals surface area contributed by atoms with E-state index in [1.807, 2.05) is 30.3 Å². The summed E-state index contributed by atoms with van der Waals surface area (Å²) in [5.74, 6) is 1.71. The zero-order chi connectivity index (χ0) is 18.5. The van der Waals surface area contributed by atoms with Gasteiger partial charge in [-0.15, -0.1) is 0 Å². The van der Waals surface area contributed by atoms with E-state index in [1.54, 1.807) is 7.11 Å². The van der Waals surface area contributed by atoms with E-state index in [0.29, 0.717) is 19.8 Å². The summed E-state index contributed by atoms with van der Waals surface area (Å²) in [7, 11) is 1.68. The van der Waals surface area contributed by atoms with Crippen LogP contribution in [0.25, 0.3) is 0 Å². The number of ether oxygens (including phenoxy) is 2. The minimum atomic E-state index is 0.601. The first-order chi connectivity index (χ1) is 12.8. The molecule has 0 spiro atoms. The molecule has 2 N–H and O–H groups in total. The highest BCUT2D eigenvalue weighted by Crippen LogP contribution is 2.11. The van der Waals surface area contributed by atoms with Gasteiger partial charge in [0.15, 0.2) is 5.96 Å². The number of rotatable bonds is 10. The van der Waals surface area contributed by atoms with Gasteiger partial charge in [0.05, 0.1) is 26.9 Å². The van der Waals surface area contributed by atoms with Crippen molar-refractivity contribution in [3.63, 3.8) is 0 Å². The topological polar surface area (TPSA) is 54.9 Å². The Morgan fingerprint density at radius 1 is 0.962 bits per heavy atom. The molecule has 0 bridgehead atoms. The van der Waals surface area contributed by atoms with Gasteiger partial charge >= 0.3 is 0 Å². The van der Waals surface area contributed by atoms with Crippen molar-refractivity contribution in [3.8, 4) is 5.75 Å². The van der Waals surface area contributed by atoms with Gasteiger partial charge in [0.25, 0.3) is 0 Å². The largest absolute Gasteiger partial charge is 0.497 e. The second kappa shape index (κ2) is 11.9. The average molecular weight is 355 g/mol. The quantitative estimate of drug-likeness (QED) is 0.391. The fourth-order valence-electron chi connectivity index (χ4n) is 2.45. The van der Waals surface area contributed by atoms with E-state index in [2.05, 4.69) is 46.8 Å². The van der Waals surface area contributed by atoms with Gasteiger partial charge in [0, 0.05) is 13.1 Å². The lowest BCUT2D eigenvalue weighted by Gasteiger charge is -2.11. The van der Waals surface area contributed by atoms with Crippen molar-refractivity contribution in [2.45, 2.75) is 20.0 Å². The molecule has 0 atom stereocenters. The van der Waals surface area contributed by atoms with Crippen LogP contribution in [0.3, 0.4) is 0 Å². The first-order valence-corrected chi connectivity index (χ1v) is 9.08. The number of benzene rings is 2. The number of nitrogens with zero attached hydrogens (tertiary/aromatic N) is 1. The molecule has 140 valence electrons. The molecule has 5 nitrogen and oxygen atoms in total. The lowest BCUT2D eigenvalue weighted by molar-refractivity contribution is 0.128. The molecule has 0 aliphatic heterocycles. The highest BCUT2D eigenvalue weighted by Gasteiger charge is 1.99. The highest BCUT2D eigenvalue weighted by atomic mass is 16.5. The SMILES string of the molecule is CCNC(=NCCOCc1ccccc1)NCCc1ccc(OC)cc1. The zero-order valence-electron chi connectivity index (χ0n) is 15.7. The molecule has 0 fully saturated rings. The van der Waals surface area contributed by atoms with Crippen molar-refractivity contribution >= 4 is 5.96 Å². The third kappa shape index (κ3) is 7.57. The van der Waals surface area contributed by atoms with Crippen molar-refractivity contribution in [2.75, 3.05) is 33.4 Å². The van der Waals surface area contributed by atoms with Crippen LogP contribution in [0.15, 0.2) is 59.6 Å². The molecule has 0 heterocycles. The molecule has 2 rings (SSSR count). The van der Waals surface area contributed by atoms with Crippen LogP contribution in [0.5, 0.6) is 5.75 Å². The highest BCUT2D eigenvalue weighted by molar-refractivity contribution is 5.79. The van der Waals surface area contributed by atoms with Crippen LogP contribution in [0.2, 0.25) is 0 Å². The average Bonchev–Trinajstić information content (AvgIpc) is 2.69. The van der Waals surface area contributed by atoms with Gasteiger partial charge in [-0.3, -0.25) is 4.99 Å². The number of hydrogen-bond donors (Lipinski definition) is 2. The maximum absolute atomic E-state index is 5.67. The summed E-state index contributed by atoms with van der Waals surface area (Å²) in [4.78, 5) is 4.55. The molecule has 0 saturated heterocycles. The van der Waals surface area contributed by atoms with Crippen LogP contribution in [0.1, 0.15) is 18.1 Å². The van der Waals surface area contributed by atoms with Crippen LogP contribution >= 0.6 is 0 Å². The van der Waals surface area contributed by atoms with Crippen molar-refractivity contribution in [3.05, 3.63) is 65.7 Å². The fraction of sp³-hybridized carbons (Fsp3) is 0.381. The molecule has 0 aliphatic rings. The molecule has 0 aromatic heterocycles. The van der Waals surface area contributed by atoms with Gasteiger partial charge in [-0.05, 0) is 36.6 Å². The third-order valence-corrected chi connectivity index (χ3v) is 3.83. The summed E-state index contributed by atoms with van der Waals surface area (Å²) in [6, 6.07) is 18.3. The summed E-state index contributed by atoms with van der Waals surface area (Å²) in [5.41, 5.74) is 2.45. The van der Waals surface area contributed by atoms with E-state index < -0.39 is 0 Å². The molecular formula is C21H29N3O2. The van der Waals surface area contributed by atoms with Crippen LogP contribution < -0.4 is 15.4 Å². The van der Waals surface area contributed by atoms with E-state index in [-0.39, 0.29) is 0 Å². The Morgan fingerprint density at radius 2 is 1.73 bits per heavy atom. The smallest absolute Gasteiger partial charge is 0.191 e. The Bertz CT molecular complexity index is 642. The molecule has 0 unspecified atom stereocenters. The maximum Gasteiger partial charge on any atom is 0.191 e. The molecule has 0 aliphatic carbocycles. The number of methoxy groups -OCH3 is 1. The Balaban J connectivity index is 1.68. The number of aliphatic imine (C=N–C) groups is 1. The van der Waals surface area contributed by atoms with E-state index >= 15 is 0 Å². The standard InChI is InChI=1S/C21H29N3O2/c1-3-22-21(23-14-13-18-9-11-20(25-2)12-10-18)24-15-16-26-17-19-7-5-4-6-8-19/h4-12H,3,13-17H2,1-2H3,(H2,22,23,24). The molecule has 0 radical (unpaired) electrons. The van der Waals surface area contributed by atoms with Crippen LogP contribution in [0.4, 0.5) is 0 Å². The molecule has 2 aromatic rings. The molecule has 0 saturated carbocycles. The number of guanidine groups is 1. The predicted molar refractivity (Wildman–Crippen MR) is 107 cm³/mol. The van der Waals surface area contributed by atoms with Gasteiger partial charge in [-0.1, -0.05) is 42.5 Å². The van der Waals surface area contributed by atoms with E-state index in [9.17, 15) is 0 Å². The monoisotopic (exact) mass is 355 g/mol. The molecule has 5 heteroatoms. The van der Waals surface area contributed by atoms with Gasteiger partial charge in [-0.2, -0.15) is 0 Å². The van der Waals surface area contributed by atoms with Crippen molar-refractivity contribution in [1.82, 2.24) is 10.6 Å². The van der Waals surface area contributed by atoms with Gasteiger partial charge in [0.1, 0.15) is 5.75 Å². The van der Waals surface area contributed by atoms with Crippen LogP contribution in [0, 0.1) is 0 Å². The Hall–Kier alpha value is -2.53. The Morgan fingerprint density at radius 3 is 2.42 bits per heavy atom. The number of nitrogens with one attached hydrogen (secondary N) is 2. The molecule has 26 heavy (non-hydrogen) atoms. The zero-order valence-corrected chi connectivity index (χ0v) is 15.7. The van der Waals surface area contributed by atoms with E-state index in [4.69, 9.17) is 9.47 Å². The van der Waals surface area contributed by atoms with Crippen LogP contribution in [-0.2, 0) is 17.8 Å². The first kappa shape index (κ1) is 19.8. The molecular weight excluding hydrogens is 326 g/mol. The number of hydrogen-bond acceptors (Lipinski definition) is 3. The van der Waals surface area contributed by atoms with E-state index in [0.717, 1.165) is 31.2 Å². The summed E-state index contributed by atoms with van der Waals surface area (Å²) >= 11 is 0. The maximum atomic E-state index is 5.67. The third-order valence-electron chi connectivity index (χ3n) is 3.83. The van der Waals surface area contributed by atoms with Gasteiger partial charge < -0.3 is 20.1 Å². The normalized spacial score (nSPS) is 11.2. The predicted octanol–water partition coefficient (Wildman–Crippen LogP) is 3.01. The summed E-state index contributed by atoms with van der Waals surface area (Å²) < 4.78 is 10.8. The first-order valence-electron chi connectivity index (χ1n) is 9.08. The second-order valence-corrected chi connectivity index (χ2v) is 5.82. The minimum Gasteiger partial charge on any atom is -0.497 e. The van der Waals surface area contributed by atoms with Gasteiger partial charge in [-0.25, -0.2) is 0 Å². The lowest BCUT2D eigenvalue weighted by Crippen LogP contribution is -2.38. The second-order valence-electron chi connectivity index (χ2n) is 5.82. The Labute approximate surface area is 156 Å². The van der Waals surface area contributed by atoms with E-state index in [1.165, 1.54) is 11.1 Å². The summed E-state index contributed by atoms with van der Waals surface area (Å²) in [6.45, 7) is 5.57. The fourth-order valence-corrected chi connectivity index (χ4v) is 2.45. The summed E-state index contributed by atoms with van der Waals surface area (Å²) in [6.07, 6.45) is 0.929. The van der Waals surface area contributed by atoms with Crippen molar-refractivity contribution in [2.24, 2.45) is 4.99 Å². The van der Waals surface area contributed by atoms with Crippen molar-refractivity contribution < 1.29 is 9.47 Å². The summed E-state index contributed by atoms with van der Waals surface area (Å²) in [5, 5.41) is 6.62. The van der Waals surface area contributed by atoms with Crippen LogP contribution in [-0.4, -0.2) is 39.3 Å². The Kier molecular flexibility index (Phi) is 9.08. The van der Waals surface area contributed by atoms with Crippen molar-refractivity contribution in [1.29, 1.82) is 0 Å². The molecule has 0 amide bonds. The minimum absolute atomic E-state index is 0.601. The van der Waals surface area contributed by atoms with Gasteiger partial charge in [0.2, 0.25) is 0 Å². The lowest BCUT2D eigenvalue weighted by atomic mass is 10.1. The molecule has 2 aromatic carbocycles.